The number of furan rings is 1. The molecule has 3 aromatic rings. The van der Waals surface area contributed by atoms with Gasteiger partial charge in [-0.15, -0.1) is 0 Å². The molecule has 1 saturated carbocycles. The van der Waals surface area contributed by atoms with Crippen molar-refractivity contribution in [1.82, 2.24) is 19.7 Å². The fourth-order valence-corrected chi connectivity index (χ4v) is 2.48. The van der Waals surface area contributed by atoms with E-state index in [-0.39, 0.29) is 5.91 Å². The fraction of sp³-hybridized carbons (Fsp3) is 0.267. The summed E-state index contributed by atoms with van der Waals surface area (Å²) in [5, 5.41) is 9.78. The predicted octanol–water partition coefficient (Wildman–Crippen LogP) is 2.53. The van der Waals surface area contributed by atoms with E-state index in [1.165, 1.54) is 0 Å². The van der Waals surface area contributed by atoms with Gasteiger partial charge in [-0.2, -0.15) is 5.10 Å². The van der Waals surface area contributed by atoms with Gasteiger partial charge in [-0.3, -0.25) is 9.89 Å². The van der Waals surface area contributed by atoms with Gasteiger partial charge in [-0.25, -0.2) is 4.98 Å². The van der Waals surface area contributed by atoms with Crippen molar-refractivity contribution >= 4 is 11.7 Å². The molecule has 22 heavy (non-hydrogen) atoms. The first kappa shape index (κ1) is 12.9. The Balaban J connectivity index is 1.54. The number of carbonyl (C=O) groups excluding carboxylic acids is 1. The number of aryl methyl sites for hydroxylation is 1. The van der Waals surface area contributed by atoms with E-state index in [1.807, 2.05) is 17.8 Å². The summed E-state index contributed by atoms with van der Waals surface area (Å²) in [6, 6.07) is 3.46. The molecule has 1 amide bonds. The van der Waals surface area contributed by atoms with Gasteiger partial charge in [0.05, 0.1) is 11.8 Å². The number of carbonyl (C=O) groups is 1. The molecule has 3 heterocycles. The highest BCUT2D eigenvalue weighted by atomic mass is 16.3. The molecule has 2 N–H and O–H groups in total. The van der Waals surface area contributed by atoms with E-state index in [0.717, 1.165) is 30.1 Å². The van der Waals surface area contributed by atoms with Gasteiger partial charge >= 0.3 is 0 Å². The number of hydrogen-bond acceptors (Lipinski definition) is 4. The first-order valence-electron chi connectivity index (χ1n) is 7.14. The molecular formula is C15H15N5O2. The van der Waals surface area contributed by atoms with E-state index >= 15 is 0 Å². The Bertz CT molecular complexity index is 824. The summed E-state index contributed by atoms with van der Waals surface area (Å²) in [6.45, 7) is 0. The summed E-state index contributed by atoms with van der Waals surface area (Å²) in [4.78, 5) is 16.6. The highest BCUT2D eigenvalue weighted by Gasteiger charge is 2.31. The largest absolute Gasteiger partial charge is 0.468 e. The van der Waals surface area contributed by atoms with Gasteiger partial charge in [0, 0.05) is 31.4 Å². The number of nitrogens with one attached hydrogen (secondary N) is 2. The van der Waals surface area contributed by atoms with Gasteiger partial charge in [-0.1, -0.05) is 0 Å². The van der Waals surface area contributed by atoms with Crippen LogP contribution in [-0.4, -0.2) is 25.7 Å². The molecule has 0 unspecified atom stereocenters. The summed E-state index contributed by atoms with van der Waals surface area (Å²) in [7, 11) is 1.90. The Labute approximate surface area is 126 Å². The van der Waals surface area contributed by atoms with Crippen LogP contribution in [0.5, 0.6) is 0 Å². The van der Waals surface area contributed by atoms with Crippen LogP contribution in [0.4, 0.5) is 5.82 Å². The van der Waals surface area contributed by atoms with Crippen LogP contribution in [0, 0.1) is 0 Å². The van der Waals surface area contributed by atoms with E-state index in [4.69, 9.17) is 4.42 Å². The van der Waals surface area contributed by atoms with Gasteiger partial charge in [0.2, 0.25) is 0 Å². The van der Waals surface area contributed by atoms with Crippen molar-refractivity contribution in [2.24, 2.45) is 7.05 Å². The lowest BCUT2D eigenvalue weighted by molar-refractivity contribution is 0.102. The normalized spacial score (nSPS) is 14.2. The van der Waals surface area contributed by atoms with E-state index in [2.05, 4.69) is 20.5 Å². The average Bonchev–Trinajstić information content (AvgIpc) is 2.92. The molecule has 7 nitrogen and oxygen atoms in total. The van der Waals surface area contributed by atoms with Gasteiger partial charge in [0.1, 0.15) is 11.5 Å². The van der Waals surface area contributed by atoms with Crippen molar-refractivity contribution in [2.75, 3.05) is 5.32 Å². The van der Waals surface area contributed by atoms with Crippen LogP contribution in [0.25, 0.3) is 11.5 Å². The van der Waals surface area contributed by atoms with Gasteiger partial charge in [0.25, 0.3) is 5.91 Å². The number of amides is 1. The summed E-state index contributed by atoms with van der Waals surface area (Å²) < 4.78 is 7.30. The summed E-state index contributed by atoms with van der Waals surface area (Å²) in [5.74, 6) is 2.19. The Kier molecular flexibility index (Phi) is 2.85. The van der Waals surface area contributed by atoms with E-state index in [1.54, 1.807) is 24.6 Å². The van der Waals surface area contributed by atoms with Gasteiger partial charge < -0.3 is 14.3 Å². The first-order chi connectivity index (χ1) is 10.7. The molecule has 0 radical (unpaired) electrons. The zero-order chi connectivity index (χ0) is 15.1. The molecule has 0 atom stereocenters. The molecule has 0 aromatic carbocycles. The fourth-order valence-electron chi connectivity index (χ4n) is 2.48. The topological polar surface area (TPSA) is 88.7 Å². The maximum Gasteiger partial charge on any atom is 0.260 e. The molecule has 1 aliphatic rings. The first-order valence-corrected chi connectivity index (χ1v) is 7.14. The molecule has 3 aromatic heterocycles. The lowest BCUT2D eigenvalue weighted by Crippen LogP contribution is -2.12. The second-order valence-electron chi connectivity index (χ2n) is 5.46. The number of aromatic amines is 1. The van der Waals surface area contributed by atoms with Crippen molar-refractivity contribution < 1.29 is 9.21 Å². The summed E-state index contributed by atoms with van der Waals surface area (Å²) >= 11 is 0. The molecule has 0 saturated heterocycles. The van der Waals surface area contributed by atoms with Crippen molar-refractivity contribution in [2.45, 2.75) is 18.8 Å². The van der Waals surface area contributed by atoms with Crippen LogP contribution in [0.2, 0.25) is 0 Å². The molecule has 1 aliphatic carbocycles. The number of H-pyrrole nitrogens is 1. The van der Waals surface area contributed by atoms with Crippen molar-refractivity contribution in [3.05, 3.63) is 42.1 Å². The molecule has 0 bridgehead atoms. The predicted molar refractivity (Wildman–Crippen MR) is 79.4 cm³/mol. The maximum atomic E-state index is 12.3. The van der Waals surface area contributed by atoms with Gasteiger partial charge in [-0.05, 0) is 18.9 Å². The van der Waals surface area contributed by atoms with Crippen LogP contribution in [0.15, 0.2) is 35.2 Å². The number of hydrogen-bond donors (Lipinski definition) is 2. The third-order valence-corrected chi connectivity index (χ3v) is 3.77. The van der Waals surface area contributed by atoms with Crippen LogP contribution in [0.1, 0.15) is 34.9 Å². The third-order valence-electron chi connectivity index (χ3n) is 3.77. The van der Waals surface area contributed by atoms with E-state index in [9.17, 15) is 4.79 Å². The Morgan fingerprint density at radius 2 is 2.36 bits per heavy atom. The average molecular weight is 297 g/mol. The monoisotopic (exact) mass is 297 g/mol. The standard InChI is InChI=1S/C15H15N5O2/c1-20-6-5-16-14(20)11-8-12(19-18-11)17-15(21)10-4-7-22-13(10)9-2-3-9/h4-9H,2-3H2,1H3,(H2,17,18,19,21). The zero-order valence-electron chi connectivity index (χ0n) is 12.0. The smallest absolute Gasteiger partial charge is 0.260 e. The molecule has 1 fully saturated rings. The number of anilines is 1. The maximum absolute atomic E-state index is 12.3. The lowest BCUT2D eigenvalue weighted by Gasteiger charge is -2.01. The highest BCUT2D eigenvalue weighted by Crippen LogP contribution is 2.42. The van der Waals surface area contributed by atoms with E-state index < -0.39 is 0 Å². The molecule has 7 heteroatoms. The lowest BCUT2D eigenvalue weighted by atomic mass is 10.2. The Morgan fingerprint density at radius 1 is 1.50 bits per heavy atom. The van der Waals surface area contributed by atoms with Crippen LogP contribution in [0.3, 0.4) is 0 Å². The van der Waals surface area contributed by atoms with Crippen molar-refractivity contribution in [3.63, 3.8) is 0 Å². The van der Waals surface area contributed by atoms with Crippen LogP contribution < -0.4 is 5.32 Å². The molecule has 4 rings (SSSR count). The van der Waals surface area contributed by atoms with Crippen LogP contribution >= 0.6 is 0 Å². The minimum absolute atomic E-state index is 0.200. The van der Waals surface area contributed by atoms with Crippen molar-refractivity contribution in [3.8, 4) is 11.5 Å². The third kappa shape index (κ3) is 2.20. The minimum atomic E-state index is -0.200. The Hall–Kier alpha value is -2.83. The second kappa shape index (κ2) is 4.87. The zero-order valence-corrected chi connectivity index (χ0v) is 12.0. The second-order valence-corrected chi connectivity index (χ2v) is 5.46. The number of nitrogens with zero attached hydrogens (tertiary/aromatic N) is 3. The molecule has 0 spiro atoms. The van der Waals surface area contributed by atoms with Gasteiger partial charge in [0.15, 0.2) is 11.6 Å². The minimum Gasteiger partial charge on any atom is -0.468 e. The van der Waals surface area contributed by atoms with Crippen LogP contribution in [-0.2, 0) is 7.05 Å². The van der Waals surface area contributed by atoms with E-state index in [0.29, 0.717) is 17.3 Å². The Morgan fingerprint density at radius 3 is 3.09 bits per heavy atom. The van der Waals surface area contributed by atoms with Crippen molar-refractivity contribution in [1.29, 1.82) is 0 Å². The highest BCUT2D eigenvalue weighted by molar-refractivity contribution is 6.04. The number of aromatic nitrogens is 4. The molecular weight excluding hydrogens is 282 g/mol. The summed E-state index contributed by atoms with van der Waals surface area (Å²) in [5.41, 5.74) is 1.33. The summed E-state index contributed by atoms with van der Waals surface area (Å²) in [6.07, 6.45) is 7.29. The SMILES string of the molecule is Cn1ccnc1-c1cc(NC(=O)c2ccoc2C2CC2)n[nH]1. The number of rotatable bonds is 4. The molecule has 0 aliphatic heterocycles. The number of imidazole rings is 1. The molecule has 112 valence electrons. The quantitative estimate of drug-likeness (QED) is 0.774.